The Morgan fingerprint density at radius 2 is 2.03 bits per heavy atom. The molecule has 4 rings (SSSR count). The summed E-state index contributed by atoms with van der Waals surface area (Å²) >= 11 is 1.82. The number of phenols is 1. The van der Waals surface area contributed by atoms with Crippen molar-refractivity contribution in [1.29, 1.82) is 0 Å². The minimum Gasteiger partial charge on any atom is -0.508 e. The number of nitrogens with one attached hydrogen (secondary N) is 2. The Balaban J connectivity index is 1.40. The van der Waals surface area contributed by atoms with Crippen molar-refractivity contribution < 1.29 is 5.11 Å². The molecule has 156 valence electrons. The van der Waals surface area contributed by atoms with Crippen molar-refractivity contribution in [3.8, 4) is 5.75 Å². The number of thiophene rings is 1. The average Bonchev–Trinajstić information content (AvgIpc) is 3.28. The molecule has 2 heterocycles. The normalized spacial score (nSPS) is 17.8. The molecule has 1 aromatic heterocycles. The third-order valence-corrected chi connectivity index (χ3v) is 6.95. The number of rotatable bonds is 5. The Labute approximate surface area is 177 Å². The van der Waals surface area contributed by atoms with Gasteiger partial charge in [0.05, 0.1) is 11.5 Å². The van der Waals surface area contributed by atoms with Gasteiger partial charge in [-0.15, -0.1) is 11.3 Å². The maximum absolute atomic E-state index is 10.4. The number of benzene rings is 1. The molecule has 0 atom stereocenters. The fraction of sp³-hybridized carbons (Fsp3) is 0.522. The van der Waals surface area contributed by atoms with E-state index in [4.69, 9.17) is 4.99 Å². The summed E-state index contributed by atoms with van der Waals surface area (Å²) in [6.45, 7) is 5.60. The quantitative estimate of drug-likeness (QED) is 0.512. The average molecular weight is 413 g/mol. The molecule has 2 aromatic rings. The second kappa shape index (κ2) is 9.53. The number of guanidine groups is 1. The van der Waals surface area contributed by atoms with Gasteiger partial charge in [0.2, 0.25) is 0 Å². The number of aliphatic imine (C=N–C) groups is 1. The Hall–Kier alpha value is -2.21. The maximum atomic E-state index is 10.4. The zero-order valence-corrected chi connectivity index (χ0v) is 18.1. The Kier molecular flexibility index (Phi) is 6.60. The monoisotopic (exact) mass is 412 g/mol. The molecular weight excluding hydrogens is 380 g/mol. The lowest BCUT2D eigenvalue weighted by Crippen LogP contribution is -2.48. The van der Waals surface area contributed by atoms with Crippen LogP contribution in [0.3, 0.4) is 0 Å². The molecule has 1 fully saturated rings. The molecular formula is C23H32N4OS. The zero-order valence-electron chi connectivity index (χ0n) is 17.3. The molecule has 1 aromatic carbocycles. The molecule has 0 amide bonds. The largest absolute Gasteiger partial charge is 0.508 e. The summed E-state index contributed by atoms with van der Waals surface area (Å²) in [5.74, 6) is 1.24. The van der Waals surface area contributed by atoms with Gasteiger partial charge in [0, 0.05) is 31.2 Å². The topological polar surface area (TPSA) is 59.9 Å². The maximum Gasteiger partial charge on any atom is 0.191 e. The van der Waals surface area contributed by atoms with Gasteiger partial charge in [0.1, 0.15) is 5.75 Å². The van der Waals surface area contributed by atoms with Crippen LogP contribution >= 0.6 is 11.3 Å². The van der Waals surface area contributed by atoms with Crippen LogP contribution in [0.5, 0.6) is 5.75 Å². The molecule has 0 radical (unpaired) electrons. The Bertz CT molecular complexity index is 826. The summed E-state index contributed by atoms with van der Waals surface area (Å²) in [6.07, 6.45) is 6.83. The van der Waals surface area contributed by atoms with E-state index < -0.39 is 0 Å². The first-order valence-corrected chi connectivity index (χ1v) is 11.8. The zero-order chi connectivity index (χ0) is 20.1. The second-order valence-corrected chi connectivity index (χ2v) is 8.89. The fourth-order valence-corrected chi connectivity index (χ4v) is 5.22. The number of hydrogen-bond donors (Lipinski definition) is 3. The van der Waals surface area contributed by atoms with Gasteiger partial charge in [0.25, 0.3) is 0 Å². The molecule has 1 saturated heterocycles. The number of phenolic OH excluding ortho intramolecular Hbond substituents is 1. The number of aromatic hydroxyl groups is 1. The van der Waals surface area contributed by atoms with E-state index in [0.717, 1.165) is 56.8 Å². The molecule has 29 heavy (non-hydrogen) atoms. The van der Waals surface area contributed by atoms with Crippen LogP contribution in [-0.4, -0.2) is 36.7 Å². The van der Waals surface area contributed by atoms with Crippen LogP contribution in [0, 0.1) is 0 Å². The van der Waals surface area contributed by atoms with E-state index in [1.165, 1.54) is 29.0 Å². The number of piperidine rings is 1. The molecule has 1 aliphatic heterocycles. The lowest BCUT2D eigenvalue weighted by molar-refractivity contribution is 0.460. The van der Waals surface area contributed by atoms with Crippen LogP contribution in [0.15, 0.2) is 34.6 Å². The van der Waals surface area contributed by atoms with Crippen molar-refractivity contribution in [2.45, 2.75) is 58.0 Å². The first-order valence-electron chi connectivity index (χ1n) is 10.9. The highest BCUT2D eigenvalue weighted by Crippen LogP contribution is 2.31. The summed E-state index contributed by atoms with van der Waals surface area (Å²) in [7, 11) is 0. The van der Waals surface area contributed by atoms with Crippen molar-refractivity contribution in [2.24, 2.45) is 4.99 Å². The fourth-order valence-electron chi connectivity index (χ4n) is 4.43. The molecule has 6 heteroatoms. The number of fused-ring (bicyclic) bond motifs is 1. The van der Waals surface area contributed by atoms with E-state index in [1.807, 2.05) is 17.4 Å². The van der Waals surface area contributed by atoms with Crippen molar-refractivity contribution >= 4 is 22.3 Å². The van der Waals surface area contributed by atoms with Crippen LogP contribution in [0.25, 0.3) is 0 Å². The van der Waals surface area contributed by atoms with Gasteiger partial charge in [0.15, 0.2) is 5.96 Å². The van der Waals surface area contributed by atoms with Crippen LogP contribution in [0.2, 0.25) is 0 Å². The molecule has 0 unspecified atom stereocenters. The predicted molar refractivity (Wildman–Crippen MR) is 122 cm³/mol. The van der Waals surface area contributed by atoms with Crippen LogP contribution < -0.4 is 15.5 Å². The van der Waals surface area contributed by atoms with Crippen molar-refractivity contribution in [1.82, 2.24) is 10.6 Å². The van der Waals surface area contributed by atoms with E-state index in [1.54, 1.807) is 0 Å². The van der Waals surface area contributed by atoms with Gasteiger partial charge >= 0.3 is 0 Å². The third-order valence-electron chi connectivity index (χ3n) is 6.02. The molecule has 0 spiro atoms. The number of nitrogens with zero attached hydrogens (tertiary/aromatic N) is 2. The summed E-state index contributed by atoms with van der Waals surface area (Å²) in [5, 5.41) is 21.0. The van der Waals surface area contributed by atoms with Crippen LogP contribution in [-0.2, 0) is 19.4 Å². The predicted octanol–water partition coefficient (Wildman–Crippen LogP) is 4.06. The number of aryl methyl sites for hydroxylation is 1. The standard InChI is InChI=1S/C23H32N4OS/c1-2-24-23(26-18-11-13-27(14-12-18)22-8-5-15-29-22)25-16-20-19-7-4-3-6-17(19)9-10-21(20)28/h5,8-10,15,18,28H,2-4,6-7,11-14,16H2,1H3,(H2,24,25,26). The molecule has 0 bridgehead atoms. The summed E-state index contributed by atoms with van der Waals surface area (Å²) in [5.41, 5.74) is 3.71. The van der Waals surface area contributed by atoms with Gasteiger partial charge < -0.3 is 20.6 Å². The molecule has 1 aliphatic carbocycles. The summed E-state index contributed by atoms with van der Waals surface area (Å²) < 4.78 is 0. The lowest BCUT2D eigenvalue weighted by atomic mass is 9.88. The molecule has 0 saturated carbocycles. The molecule has 3 N–H and O–H groups in total. The highest BCUT2D eigenvalue weighted by atomic mass is 32.1. The first kappa shape index (κ1) is 20.1. The van der Waals surface area contributed by atoms with Crippen molar-refractivity contribution in [2.75, 3.05) is 24.5 Å². The number of hydrogen-bond acceptors (Lipinski definition) is 4. The van der Waals surface area contributed by atoms with E-state index in [0.29, 0.717) is 18.3 Å². The Morgan fingerprint density at radius 1 is 1.21 bits per heavy atom. The third kappa shape index (κ3) is 4.86. The van der Waals surface area contributed by atoms with E-state index in [2.05, 4.69) is 46.0 Å². The summed E-state index contributed by atoms with van der Waals surface area (Å²) in [6, 6.07) is 8.69. The minimum absolute atomic E-state index is 0.384. The minimum atomic E-state index is 0.384. The SMILES string of the molecule is CCNC(=NCc1c(O)ccc2c1CCCC2)NC1CCN(c2cccs2)CC1. The van der Waals surface area contributed by atoms with E-state index in [9.17, 15) is 5.11 Å². The smallest absolute Gasteiger partial charge is 0.191 e. The van der Waals surface area contributed by atoms with Crippen LogP contribution in [0.4, 0.5) is 5.00 Å². The lowest BCUT2D eigenvalue weighted by Gasteiger charge is -2.33. The number of anilines is 1. The first-order chi connectivity index (χ1) is 14.2. The Morgan fingerprint density at radius 3 is 2.79 bits per heavy atom. The van der Waals surface area contributed by atoms with E-state index in [-0.39, 0.29) is 0 Å². The summed E-state index contributed by atoms with van der Waals surface area (Å²) in [4.78, 5) is 7.31. The van der Waals surface area contributed by atoms with Gasteiger partial charge in [-0.25, -0.2) is 4.99 Å². The van der Waals surface area contributed by atoms with Crippen LogP contribution in [0.1, 0.15) is 49.3 Å². The van der Waals surface area contributed by atoms with Gasteiger partial charge in [-0.2, -0.15) is 0 Å². The van der Waals surface area contributed by atoms with Gasteiger partial charge in [-0.1, -0.05) is 6.07 Å². The van der Waals surface area contributed by atoms with E-state index >= 15 is 0 Å². The molecule has 5 nitrogen and oxygen atoms in total. The van der Waals surface area contributed by atoms with Crippen molar-refractivity contribution in [3.05, 3.63) is 46.3 Å². The van der Waals surface area contributed by atoms with Gasteiger partial charge in [-0.3, -0.25) is 0 Å². The van der Waals surface area contributed by atoms with Gasteiger partial charge in [-0.05, 0) is 80.2 Å². The highest BCUT2D eigenvalue weighted by Gasteiger charge is 2.21. The van der Waals surface area contributed by atoms with Crippen molar-refractivity contribution in [3.63, 3.8) is 0 Å². The highest BCUT2D eigenvalue weighted by molar-refractivity contribution is 7.14. The second-order valence-electron chi connectivity index (χ2n) is 7.96. The molecule has 2 aliphatic rings.